The molecule has 0 aromatic heterocycles. The van der Waals surface area contributed by atoms with E-state index in [9.17, 15) is 14.0 Å². The van der Waals surface area contributed by atoms with Crippen LogP contribution in [0.5, 0.6) is 0 Å². The van der Waals surface area contributed by atoms with Gasteiger partial charge in [-0.1, -0.05) is 61.0 Å². The summed E-state index contributed by atoms with van der Waals surface area (Å²) in [6.07, 6.45) is 1.16. The van der Waals surface area contributed by atoms with E-state index in [1.807, 2.05) is 56.3 Å². The first-order valence-corrected chi connectivity index (χ1v) is 13.0. The molecule has 184 valence electrons. The van der Waals surface area contributed by atoms with Crippen LogP contribution in [-0.4, -0.2) is 34.6 Å². The predicted molar refractivity (Wildman–Crippen MR) is 141 cm³/mol. The molecular formula is C28H30ClFN2O2S. The molecule has 0 unspecified atom stereocenters. The van der Waals surface area contributed by atoms with Crippen molar-refractivity contribution in [1.29, 1.82) is 0 Å². The second kappa shape index (κ2) is 13.3. The molecule has 0 heterocycles. The number of carbonyl (C=O) groups excluding carboxylic acids is 2. The average Bonchev–Trinajstić information content (AvgIpc) is 2.87. The Morgan fingerprint density at radius 1 is 0.971 bits per heavy atom. The van der Waals surface area contributed by atoms with Gasteiger partial charge in [-0.05, 0) is 60.9 Å². The number of nitrogens with zero attached hydrogens (tertiary/aromatic N) is 1. The van der Waals surface area contributed by atoms with Crippen LogP contribution in [0.2, 0.25) is 5.02 Å². The Morgan fingerprint density at radius 3 is 2.26 bits per heavy atom. The molecule has 1 N–H and O–H groups in total. The number of amides is 2. The Hall–Kier alpha value is -2.83. The van der Waals surface area contributed by atoms with Gasteiger partial charge >= 0.3 is 0 Å². The van der Waals surface area contributed by atoms with Gasteiger partial charge in [0.2, 0.25) is 11.8 Å². The van der Waals surface area contributed by atoms with Gasteiger partial charge in [-0.3, -0.25) is 9.59 Å². The SMILES string of the molecule is CC[C@H](C)NC(=O)[C@H](Cc1ccccc1)N(Cc1ccc(F)cc1)C(=O)CSc1ccc(Cl)cc1. The number of carbonyl (C=O) groups is 2. The fraction of sp³-hybridized carbons (Fsp3) is 0.286. The number of benzene rings is 3. The van der Waals surface area contributed by atoms with Crippen LogP contribution in [0.4, 0.5) is 4.39 Å². The lowest BCUT2D eigenvalue weighted by molar-refractivity contribution is -0.139. The van der Waals surface area contributed by atoms with E-state index in [1.165, 1.54) is 23.9 Å². The first-order chi connectivity index (χ1) is 16.9. The predicted octanol–water partition coefficient (Wildman–Crippen LogP) is 6.13. The summed E-state index contributed by atoms with van der Waals surface area (Å²) in [6.45, 7) is 4.15. The van der Waals surface area contributed by atoms with Crippen LogP contribution in [0.1, 0.15) is 31.4 Å². The molecule has 0 spiro atoms. The van der Waals surface area contributed by atoms with Crippen LogP contribution < -0.4 is 5.32 Å². The van der Waals surface area contributed by atoms with Gasteiger partial charge in [0.15, 0.2) is 0 Å². The Labute approximate surface area is 215 Å². The summed E-state index contributed by atoms with van der Waals surface area (Å²) in [7, 11) is 0. The number of thioether (sulfide) groups is 1. The molecule has 0 radical (unpaired) electrons. The minimum absolute atomic E-state index is 0.0213. The molecule has 0 aliphatic heterocycles. The van der Waals surface area contributed by atoms with Crippen LogP contribution in [0.3, 0.4) is 0 Å². The molecule has 0 bridgehead atoms. The largest absolute Gasteiger partial charge is 0.352 e. The minimum Gasteiger partial charge on any atom is -0.352 e. The van der Waals surface area contributed by atoms with Crippen molar-refractivity contribution in [3.05, 3.63) is 101 Å². The van der Waals surface area contributed by atoms with E-state index >= 15 is 0 Å². The summed E-state index contributed by atoms with van der Waals surface area (Å²) in [5.74, 6) is -0.560. The summed E-state index contributed by atoms with van der Waals surface area (Å²) in [5, 5.41) is 3.67. The molecule has 0 fully saturated rings. The number of hydrogen-bond acceptors (Lipinski definition) is 3. The third kappa shape index (κ3) is 8.41. The summed E-state index contributed by atoms with van der Waals surface area (Å²) in [5.41, 5.74) is 1.71. The number of hydrogen-bond donors (Lipinski definition) is 1. The Kier molecular flexibility index (Phi) is 10.2. The molecule has 0 saturated heterocycles. The lowest BCUT2D eigenvalue weighted by atomic mass is 10.0. The van der Waals surface area contributed by atoms with Crippen LogP contribution in [0, 0.1) is 5.82 Å². The number of halogens is 2. The smallest absolute Gasteiger partial charge is 0.243 e. The van der Waals surface area contributed by atoms with Gasteiger partial charge < -0.3 is 10.2 Å². The maximum absolute atomic E-state index is 13.6. The van der Waals surface area contributed by atoms with E-state index in [-0.39, 0.29) is 36.0 Å². The van der Waals surface area contributed by atoms with Crippen molar-refractivity contribution in [3.8, 4) is 0 Å². The molecular weight excluding hydrogens is 483 g/mol. The van der Waals surface area contributed by atoms with Crippen molar-refractivity contribution >= 4 is 35.2 Å². The Balaban J connectivity index is 1.89. The van der Waals surface area contributed by atoms with Gasteiger partial charge in [-0.25, -0.2) is 4.39 Å². The topological polar surface area (TPSA) is 49.4 Å². The zero-order chi connectivity index (χ0) is 25.2. The van der Waals surface area contributed by atoms with Crippen LogP contribution in [0.25, 0.3) is 0 Å². The van der Waals surface area contributed by atoms with E-state index in [0.717, 1.165) is 22.4 Å². The van der Waals surface area contributed by atoms with Crippen molar-refractivity contribution < 1.29 is 14.0 Å². The van der Waals surface area contributed by atoms with E-state index in [1.54, 1.807) is 29.2 Å². The highest BCUT2D eigenvalue weighted by Crippen LogP contribution is 2.23. The third-order valence-electron chi connectivity index (χ3n) is 5.71. The highest BCUT2D eigenvalue weighted by molar-refractivity contribution is 8.00. The van der Waals surface area contributed by atoms with Gasteiger partial charge in [0.25, 0.3) is 0 Å². The zero-order valence-electron chi connectivity index (χ0n) is 19.9. The maximum Gasteiger partial charge on any atom is 0.243 e. The lowest BCUT2D eigenvalue weighted by Crippen LogP contribution is -2.52. The fourth-order valence-corrected chi connectivity index (χ4v) is 4.45. The van der Waals surface area contributed by atoms with Crippen molar-refractivity contribution in [2.45, 2.75) is 50.2 Å². The summed E-state index contributed by atoms with van der Waals surface area (Å²) in [6, 6.07) is 22.2. The van der Waals surface area contributed by atoms with Gasteiger partial charge in [-0.15, -0.1) is 11.8 Å². The Morgan fingerprint density at radius 2 is 1.63 bits per heavy atom. The maximum atomic E-state index is 13.6. The van der Waals surface area contributed by atoms with Crippen molar-refractivity contribution in [1.82, 2.24) is 10.2 Å². The molecule has 7 heteroatoms. The monoisotopic (exact) mass is 512 g/mol. The molecule has 0 saturated carbocycles. The zero-order valence-corrected chi connectivity index (χ0v) is 21.5. The molecule has 2 atom stereocenters. The van der Waals surface area contributed by atoms with Gasteiger partial charge in [0, 0.05) is 28.9 Å². The van der Waals surface area contributed by atoms with Crippen molar-refractivity contribution in [3.63, 3.8) is 0 Å². The van der Waals surface area contributed by atoms with Gasteiger partial charge in [0.1, 0.15) is 11.9 Å². The molecule has 0 aliphatic rings. The van der Waals surface area contributed by atoms with E-state index in [4.69, 9.17) is 11.6 Å². The number of rotatable bonds is 11. The van der Waals surface area contributed by atoms with Gasteiger partial charge in [0.05, 0.1) is 5.75 Å². The van der Waals surface area contributed by atoms with Crippen molar-refractivity contribution in [2.24, 2.45) is 0 Å². The fourth-order valence-electron chi connectivity index (χ4n) is 3.54. The normalized spacial score (nSPS) is 12.6. The highest BCUT2D eigenvalue weighted by atomic mass is 35.5. The first kappa shape index (κ1) is 26.8. The summed E-state index contributed by atoms with van der Waals surface area (Å²) < 4.78 is 13.5. The lowest BCUT2D eigenvalue weighted by Gasteiger charge is -2.32. The second-order valence-corrected chi connectivity index (χ2v) is 9.90. The van der Waals surface area contributed by atoms with Crippen molar-refractivity contribution in [2.75, 3.05) is 5.75 Å². The molecule has 3 aromatic carbocycles. The van der Waals surface area contributed by atoms with E-state index in [2.05, 4.69) is 5.32 Å². The second-order valence-electron chi connectivity index (χ2n) is 8.41. The molecule has 0 aliphatic carbocycles. The van der Waals surface area contributed by atoms with Crippen LogP contribution in [0.15, 0.2) is 83.8 Å². The first-order valence-electron chi connectivity index (χ1n) is 11.6. The van der Waals surface area contributed by atoms with Crippen LogP contribution in [-0.2, 0) is 22.6 Å². The summed E-state index contributed by atoms with van der Waals surface area (Å²) in [4.78, 5) is 29.5. The molecule has 4 nitrogen and oxygen atoms in total. The standard InChI is InChI=1S/C28H30ClFN2O2S/c1-3-20(2)31-28(34)26(17-21-7-5-4-6-8-21)32(18-22-9-13-24(30)14-10-22)27(33)19-35-25-15-11-23(29)12-16-25/h4-16,20,26H,3,17-19H2,1-2H3,(H,31,34)/t20-,26-/m0/s1. The highest BCUT2D eigenvalue weighted by Gasteiger charge is 2.31. The van der Waals surface area contributed by atoms with E-state index in [0.29, 0.717) is 11.4 Å². The minimum atomic E-state index is -0.713. The van der Waals surface area contributed by atoms with Crippen LogP contribution >= 0.6 is 23.4 Å². The third-order valence-corrected chi connectivity index (χ3v) is 6.96. The molecule has 35 heavy (non-hydrogen) atoms. The molecule has 3 aromatic rings. The average molecular weight is 513 g/mol. The quantitative estimate of drug-likeness (QED) is 0.314. The molecule has 3 rings (SSSR count). The summed E-state index contributed by atoms with van der Waals surface area (Å²) >= 11 is 7.37. The molecule has 2 amide bonds. The Bertz CT molecular complexity index is 1090. The van der Waals surface area contributed by atoms with E-state index < -0.39 is 6.04 Å². The number of nitrogens with one attached hydrogen (secondary N) is 1. The van der Waals surface area contributed by atoms with Gasteiger partial charge in [-0.2, -0.15) is 0 Å².